The lowest BCUT2D eigenvalue weighted by molar-refractivity contribution is -0.302. The maximum Gasteiger partial charge on any atom is 0.220 e. The van der Waals surface area contributed by atoms with Crippen molar-refractivity contribution in [2.45, 2.75) is 288 Å². The molecule has 1 aliphatic heterocycles. The molecule has 0 aromatic rings. The molecule has 1 fully saturated rings. The van der Waals surface area contributed by atoms with Crippen molar-refractivity contribution < 1.29 is 39.8 Å². The molecule has 1 heterocycles. The van der Waals surface area contributed by atoms with Crippen LogP contribution in [-0.2, 0) is 14.3 Å². The van der Waals surface area contributed by atoms with Gasteiger partial charge in [0.2, 0.25) is 5.91 Å². The number of amides is 1. The fourth-order valence-corrected chi connectivity index (χ4v) is 8.81. The van der Waals surface area contributed by atoms with Crippen LogP contribution in [-0.4, -0.2) is 87.5 Å². The molecule has 7 atom stereocenters. The highest BCUT2D eigenvalue weighted by atomic mass is 16.7. The molecule has 9 heteroatoms. The molecule has 400 valence electrons. The van der Waals surface area contributed by atoms with E-state index in [9.17, 15) is 30.3 Å². The van der Waals surface area contributed by atoms with E-state index in [0.717, 1.165) is 77.0 Å². The molecule has 0 spiro atoms. The quantitative estimate of drug-likeness (QED) is 0.0261. The van der Waals surface area contributed by atoms with E-state index in [1.807, 2.05) is 0 Å². The van der Waals surface area contributed by atoms with Crippen molar-refractivity contribution >= 4 is 5.91 Å². The molecule has 69 heavy (non-hydrogen) atoms. The number of hydrogen-bond donors (Lipinski definition) is 6. The number of aliphatic hydroxyl groups excluding tert-OH is 5. The van der Waals surface area contributed by atoms with Crippen LogP contribution in [0, 0.1) is 0 Å². The highest BCUT2D eigenvalue weighted by Crippen LogP contribution is 2.23. The van der Waals surface area contributed by atoms with E-state index in [0.29, 0.717) is 12.8 Å². The zero-order valence-corrected chi connectivity index (χ0v) is 44.3. The fourth-order valence-electron chi connectivity index (χ4n) is 8.81. The highest BCUT2D eigenvalue weighted by molar-refractivity contribution is 5.76. The summed E-state index contributed by atoms with van der Waals surface area (Å²) >= 11 is 0. The van der Waals surface area contributed by atoms with Crippen LogP contribution in [0.25, 0.3) is 0 Å². The van der Waals surface area contributed by atoms with Crippen molar-refractivity contribution in [1.82, 2.24) is 5.32 Å². The molecule has 7 unspecified atom stereocenters. The molecule has 9 nitrogen and oxygen atoms in total. The third kappa shape index (κ3) is 38.9. The third-order valence-electron chi connectivity index (χ3n) is 13.3. The lowest BCUT2D eigenvalue weighted by Gasteiger charge is -2.40. The number of nitrogens with one attached hydrogen (secondary N) is 1. The molecule has 0 aromatic heterocycles. The minimum absolute atomic E-state index is 0.138. The Labute approximate surface area is 423 Å². The van der Waals surface area contributed by atoms with Crippen molar-refractivity contribution in [3.63, 3.8) is 0 Å². The van der Waals surface area contributed by atoms with Crippen molar-refractivity contribution in [2.75, 3.05) is 13.2 Å². The minimum Gasteiger partial charge on any atom is -0.394 e. The Kier molecular flexibility index (Phi) is 46.1. The number of rotatable bonds is 48. The molecule has 0 aromatic carbocycles. The number of ether oxygens (including phenoxy) is 2. The molecule has 0 radical (unpaired) electrons. The van der Waals surface area contributed by atoms with Gasteiger partial charge in [-0.05, 0) is 64.2 Å². The smallest absolute Gasteiger partial charge is 0.220 e. The maximum atomic E-state index is 13.0. The van der Waals surface area contributed by atoms with Crippen LogP contribution in [0.4, 0.5) is 0 Å². The van der Waals surface area contributed by atoms with Gasteiger partial charge in [-0.25, -0.2) is 0 Å². The van der Waals surface area contributed by atoms with Gasteiger partial charge in [0.1, 0.15) is 24.4 Å². The molecular weight excluding hydrogens is 863 g/mol. The molecule has 6 N–H and O–H groups in total. The van der Waals surface area contributed by atoms with Crippen LogP contribution in [0.2, 0.25) is 0 Å². The van der Waals surface area contributed by atoms with Gasteiger partial charge in [0, 0.05) is 6.42 Å². The molecule has 0 aliphatic carbocycles. The first kappa shape index (κ1) is 64.6. The Morgan fingerprint density at radius 2 is 0.899 bits per heavy atom. The van der Waals surface area contributed by atoms with Gasteiger partial charge >= 0.3 is 0 Å². The summed E-state index contributed by atoms with van der Waals surface area (Å²) in [5, 5.41) is 54.2. The van der Waals surface area contributed by atoms with E-state index in [-0.39, 0.29) is 12.5 Å². The van der Waals surface area contributed by atoms with Crippen LogP contribution in [0.5, 0.6) is 0 Å². The normalized spacial score (nSPS) is 20.0. The second-order valence-corrected chi connectivity index (χ2v) is 19.7. The Hall–Kier alpha value is -2.37. The summed E-state index contributed by atoms with van der Waals surface area (Å²) in [6.45, 7) is 3.67. The van der Waals surface area contributed by atoms with Gasteiger partial charge in [-0.2, -0.15) is 0 Å². The largest absolute Gasteiger partial charge is 0.394 e. The molecule has 1 amide bonds. The second-order valence-electron chi connectivity index (χ2n) is 19.7. The topological polar surface area (TPSA) is 149 Å². The number of allylic oxidation sites excluding steroid dienone is 12. The molecule has 1 rings (SSSR count). The van der Waals surface area contributed by atoms with E-state index < -0.39 is 49.5 Å². The lowest BCUT2D eigenvalue weighted by Crippen LogP contribution is -2.60. The molecule has 0 saturated carbocycles. The van der Waals surface area contributed by atoms with Crippen LogP contribution in [0.3, 0.4) is 0 Å². The van der Waals surface area contributed by atoms with Gasteiger partial charge in [-0.1, -0.05) is 247 Å². The zero-order valence-electron chi connectivity index (χ0n) is 44.3. The average Bonchev–Trinajstić information content (AvgIpc) is 3.35. The van der Waals surface area contributed by atoms with Gasteiger partial charge in [0.15, 0.2) is 6.29 Å². The second kappa shape index (κ2) is 49.2. The van der Waals surface area contributed by atoms with Crippen LogP contribution < -0.4 is 5.32 Å². The third-order valence-corrected chi connectivity index (χ3v) is 13.3. The number of unbranched alkanes of at least 4 members (excludes halogenated alkanes) is 26. The lowest BCUT2D eigenvalue weighted by atomic mass is 9.99. The summed E-state index contributed by atoms with van der Waals surface area (Å²) < 4.78 is 11.2. The molecule has 1 saturated heterocycles. The molecule has 1 aliphatic rings. The highest BCUT2D eigenvalue weighted by Gasteiger charge is 2.44. The van der Waals surface area contributed by atoms with E-state index in [1.54, 1.807) is 0 Å². The number of carbonyl (C=O) groups excluding carboxylic acids is 1. The van der Waals surface area contributed by atoms with Gasteiger partial charge < -0.3 is 40.3 Å². The molecular formula is C60H107NO8. The Morgan fingerprint density at radius 1 is 0.507 bits per heavy atom. The Balaban J connectivity index is 1.99. The number of hydrogen-bond acceptors (Lipinski definition) is 8. The summed E-state index contributed by atoms with van der Waals surface area (Å²) in [6.07, 6.45) is 61.3. The van der Waals surface area contributed by atoms with Gasteiger partial charge in [-0.3, -0.25) is 4.79 Å². The van der Waals surface area contributed by atoms with E-state index in [4.69, 9.17) is 9.47 Å². The minimum atomic E-state index is -1.55. The first-order valence-electron chi connectivity index (χ1n) is 28.6. The fraction of sp³-hybridized carbons (Fsp3) is 0.783. The van der Waals surface area contributed by atoms with E-state index in [2.05, 4.69) is 92.1 Å². The first-order chi connectivity index (χ1) is 33.8. The molecule has 0 bridgehead atoms. The predicted octanol–water partition coefficient (Wildman–Crippen LogP) is 14.1. The zero-order chi connectivity index (χ0) is 50.1. The van der Waals surface area contributed by atoms with Gasteiger partial charge in [-0.15, -0.1) is 0 Å². The monoisotopic (exact) mass is 970 g/mol. The van der Waals surface area contributed by atoms with Gasteiger partial charge in [0.25, 0.3) is 0 Å². The predicted molar refractivity (Wildman–Crippen MR) is 290 cm³/mol. The van der Waals surface area contributed by atoms with E-state index >= 15 is 0 Å². The number of carbonyl (C=O) groups is 1. The van der Waals surface area contributed by atoms with Gasteiger partial charge in [0.05, 0.1) is 25.4 Å². The van der Waals surface area contributed by atoms with Crippen LogP contribution in [0.1, 0.15) is 245 Å². The summed E-state index contributed by atoms with van der Waals surface area (Å²) in [5.41, 5.74) is 0. The Bertz CT molecular complexity index is 1310. The SMILES string of the molecule is CC/C=C\C/C=C\C/C=C\C/C=C\C/C=C\C/C=C\CCCCCCCCCCCCCCCCCCCCCCC(=O)NC(COC1OC(CO)C(O)C(O)C1O)C(O)CCCCCCCCC. The van der Waals surface area contributed by atoms with Crippen molar-refractivity contribution in [1.29, 1.82) is 0 Å². The van der Waals surface area contributed by atoms with Crippen molar-refractivity contribution in [3.05, 3.63) is 72.9 Å². The van der Waals surface area contributed by atoms with Crippen molar-refractivity contribution in [2.24, 2.45) is 0 Å². The summed E-state index contributed by atoms with van der Waals surface area (Å²) in [5.74, 6) is -0.147. The summed E-state index contributed by atoms with van der Waals surface area (Å²) in [7, 11) is 0. The number of aliphatic hydroxyl groups is 5. The summed E-state index contributed by atoms with van der Waals surface area (Å²) in [6, 6.07) is -0.716. The van der Waals surface area contributed by atoms with E-state index in [1.165, 1.54) is 141 Å². The van der Waals surface area contributed by atoms with Crippen molar-refractivity contribution in [3.8, 4) is 0 Å². The average molecular weight is 971 g/mol. The Morgan fingerprint density at radius 3 is 1.33 bits per heavy atom. The standard InChI is InChI=1S/C60H107NO8/c1-3-5-7-9-11-12-13-14-15-16-17-18-19-20-21-22-23-24-25-26-27-28-29-30-31-32-33-34-35-36-37-38-39-40-41-42-44-46-48-50-56(64)61-53(54(63)49-47-45-43-10-8-6-4-2)52-68-60-59(67)58(66)57(65)55(51-62)69-60/h5,7,11-12,14-15,17-18,20-21,23-24,53-55,57-60,62-63,65-67H,3-4,6,8-10,13,16,19,22,25-52H2,1-2H3,(H,61,64)/b7-5-,12-11-,15-14-,18-17-,21-20-,24-23-. The van der Waals surface area contributed by atoms with Crippen LogP contribution in [0.15, 0.2) is 72.9 Å². The van der Waals surface area contributed by atoms with Crippen LogP contribution >= 0.6 is 0 Å². The summed E-state index contributed by atoms with van der Waals surface area (Å²) in [4.78, 5) is 13.0. The first-order valence-corrected chi connectivity index (χ1v) is 28.6. The maximum absolute atomic E-state index is 13.0.